The Kier molecular flexibility index (Phi) is 4.87. The minimum Gasteiger partial charge on any atom is -0.480 e. The van der Waals surface area contributed by atoms with E-state index in [-0.39, 0.29) is 11.7 Å². The molecule has 1 atom stereocenters. The third-order valence-corrected chi connectivity index (χ3v) is 5.44. The number of H-pyrrole nitrogens is 1. The molecule has 3 aromatic rings. The number of nitrogens with zero attached hydrogens (tertiary/aromatic N) is 2. The fourth-order valence-electron chi connectivity index (χ4n) is 3.62. The summed E-state index contributed by atoms with van der Waals surface area (Å²) in [7, 11) is 3.28. The van der Waals surface area contributed by atoms with E-state index < -0.39 is 5.97 Å². The van der Waals surface area contributed by atoms with E-state index in [2.05, 4.69) is 14.9 Å². The van der Waals surface area contributed by atoms with E-state index in [1.165, 1.54) is 6.20 Å². The molecule has 3 heterocycles. The van der Waals surface area contributed by atoms with Crippen molar-refractivity contribution in [2.75, 3.05) is 32.2 Å². The summed E-state index contributed by atoms with van der Waals surface area (Å²) in [5.41, 5.74) is 2.23. The number of aromatic nitrogens is 2. The lowest BCUT2D eigenvalue weighted by Gasteiger charge is -2.19. The average Bonchev–Trinajstić information content (AvgIpc) is 3.33. The highest BCUT2D eigenvalue weighted by molar-refractivity contribution is 6.34. The lowest BCUT2D eigenvalue weighted by Crippen LogP contribution is -2.23. The topological polar surface area (TPSA) is 87.7 Å². The van der Waals surface area contributed by atoms with Crippen LogP contribution in [-0.2, 0) is 4.74 Å². The highest BCUT2D eigenvalue weighted by Gasteiger charge is 2.24. The van der Waals surface area contributed by atoms with Crippen molar-refractivity contribution in [3.8, 4) is 17.0 Å². The van der Waals surface area contributed by atoms with Crippen molar-refractivity contribution in [1.29, 1.82) is 0 Å². The molecule has 0 spiro atoms. The van der Waals surface area contributed by atoms with Gasteiger partial charge in [0, 0.05) is 48.4 Å². The van der Waals surface area contributed by atoms with Crippen LogP contribution >= 0.6 is 11.6 Å². The number of hydrogen-bond acceptors (Lipinski definition) is 5. The second kappa shape index (κ2) is 7.33. The van der Waals surface area contributed by atoms with Crippen LogP contribution in [0.3, 0.4) is 0 Å². The summed E-state index contributed by atoms with van der Waals surface area (Å²) < 4.78 is 11.0. The molecule has 1 aromatic carbocycles. The third kappa shape index (κ3) is 3.16. The summed E-state index contributed by atoms with van der Waals surface area (Å²) in [6.45, 7) is 1.65. The molecule has 28 heavy (non-hydrogen) atoms. The number of pyridine rings is 1. The summed E-state index contributed by atoms with van der Waals surface area (Å²) in [5, 5.41) is 10.5. The van der Waals surface area contributed by atoms with Gasteiger partial charge in [0.25, 0.3) is 0 Å². The molecule has 8 heteroatoms. The van der Waals surface area contributed by atoms with Gasteiger partial charge < -0.3 is 24.5 Å². The van der Waals surface area contributed by atoms with Crippen LogP contribution in [0.4, 0.5) is 5.82 Å². The van der Waals surface area contributed by atoms with E-state index >= 15 is 0 Å². The minimum absolute atomic E-state index is 0.194. The van der Waals surface area contributed by atoms with Crippen molar-refractivity contribution in [2.45, 2.75) is 12.5 Å². The van der Waals surface area contributed by atoms with Crippen molar-refractivity contribution >= 4 is 34.3 Å². The molecule has 146 valence electrons. The Hall–Kier alpha value is -2.77. The van der Waals surface area contributed by atoms with E-state index in [1.807, 2.05) is 12.1 Å². The zero-order valence-corrected chi connectivity index (χ0v) is 16.3. The summed E-state index contributed by atoms with van der Waals surface area (Å²) in [6, 6.07) is 7.30. The fourth-order valence-corrected chi connectivity index (χ4v) is 3.89. The molecule has 1 fully saturated rings. The van der Waals surface area contributed by atoms with Gasteiger partial charge in [-0.1, -0.05) is 11.6 Å². The number of fused-ring (bicyclic) bond motifs is 1. The standard InChI is InChI=1S/C20H20ClN3O4/c1-27-11-5-6-24(10-11)18-4-3-12(19(23-18)28-2)13-7-14-15(20(25)26)9-22-17(14)8-16(13)21/h3-4,7-9,11,22H,5-6,10H2,1-2H3,(H,25,26)/t11-/m0/s1. The zero-order chi connectivity index (χ0) is 19.8. The largest absolute Gasteiger partial charge is 0.480 e. The molecule has 0 saturated carbocycles. The van der Waals surface area contributed by atoms with E-state index in [0.29, 0.717) is 32.9 Å². The number of benzene rings is 1. The fraction of sp³-hybridized carbons (Fsp3) is 0.300. The van der Waals surface area contributed by atoms with Crippen molar-refractivity contribution in [2.24, 2.45) is 0 Å². The summed E-state index contributed by atoms with van der Waals surface area (Å²) in [5.74, 6) is 0.249. The maximum absolute atomic E-state index is 11.5. The molecular weight excluding hydrogens is 382 g/mol. The van der Waals surface area contributed by atoms with Crippen LogP contribution in [-0.4, -0.2) is 54.5 Å². The number of hydrogen-bond donors (Lipinski definition) is 2. The first-order valence-corrected chi connectivity index (χ1v) is 9.26. The summed E-state index contributed by atoms with van der Waals surface area (Å²) in [6.07, 6.45) is 2.62. The molecule has 0 unspecified atom stereocenters. The van der Waals surface area contributed by atoms with E-state index in [4.69, 9.17) is 21.1 Å². The predicted molar refractivity (Wildman–Crippen MR) is 108 cm³/mol. The Labute approximate surface area is 166 Å². The van der Waals surface area contributed by atoms with Gasteiger partial charge >= 0.3 is 5.97 Å². The van der Waals surface area contributed by atoms with Crippen molar-refractivity contribution in [1.82, 2.24) is 9.97 Å². The normalized spacial score (nSPS) is 16.7. The Balaban J connectivity index is 1.77. The van der Waals surface area contributed by atoms with Crippen molar-refractivity contribution in [3.05, 3.63) is 41.0 Å². The third-order valence-electron chi connectivity index (χ3n) is 5.13. The number of aromatic carboxylic acids is 1. The molecule has 2 N–H and O–H groups in total. The van der Waals surface area contributed by atoms with Gasteiger partial charge in [-0.2, -0.15) is 4.98 Å². The number of carboxylic acid groups (broad SMARTS) is 1. The van der Waals surface area contributed by atoms with Gasteiger partial charge in [-0.15, -0.1) is 0 Å². The molecule has 7 nitrogen and oxygen atoms in total. The number of ether oxygens (including phenoxy) is 2. The second-order valence-electron chi connectivity index (χ2n) is 6.70. The van der Waals surface area contributed by atoms with E-state index in [0.717, 1.165) is 25.3 Å². The first kappa shape index (κ1) is 18.6. The van der Waals surface area contributed by atoms with Crippen LogP contribution in [0.1, 0.15) is 16.8 Å². The summed E-state index contributed by atoms with van der Waals surface area (Å²) >= 11 is 6.48. The molecule has 0 bridgehead atoms. The van der Waals surface area contributed by atoms with Gasteiger partial charge in [0.1, 0.15) is 5.82 Å². The molecule has 2 aromatic heterocycles. The van der Waals surface area contributed by atoms with Gasteiger partial charge in [0.15, 0.2) is 0 Å². The van der Waals surface area contributed by atoms with Crippen molar-refractivity contribution < 1.29 is 19.4 Å². The first-order valence-electron chi connectivity index (χ1n) is 8.89. The Morgan fingerprint density at radius 2 is 2.14 bits per heavy atom. The highest BCUT2D eigenvalue weighted by atomic mass is 35.5. The van der Waals surface area contributed by atoms with Gasteiger partial charge in [-0.3, -0.25) is 0 Å². The Morgan fingerprint density at radius 1 is 1.32 bits per heavy atom. The number of halogens is 1. The molecule has 0 radical (unpaired) electrons. The smallest absolute Gasteiger partial charge is 0.337 e. The molecule has 0 amide bonds. The van der Waals surface area contributed by atoms with E-state index in [1.54, 1.807) is 26.4 Å². The van der Waals surface area contributed by atoms with Gasteiger partial charge in [0.05, 0.1) is 23.8 Å². The van der Waals surface area contributed by atoms with Gasteiger partial charge in [-0.05, 0) is 30.7 Å². The number of carboxylic acids is 1. The zero-order valence-electron chi connectivity index (χ0n) is 15.5. The van der Waals surface area contributed by atoms with Crippen molar-refractivity contribution in [3.63, 3.8) is 0 Å². The maximum Gasteiger partial charge on any atom is 0.337 e. The lowest BCUT2D eigenvalue weighted by atomic mass is 10.0. The minimum atomic E-state index is -0.998. The second-order valence-corrected chi connectivity index (χ2v) is 7.11. The number of anilines is 1. The van der Waals surface area contributed by atoms with Gasteiger partial charge in [-0.25, -0.2) is 4.79 Å². The van der Waals surface area contributed by atoms with Crippen LogP contribution in [0.2, 0.25) is 5.02 Å². The number of nitrogens with one attached hydrogen (secondary N) is 1. The number of aromatic amines is 1. The van der Waals surface area contributed by atoms with Crippen LogP contribution < -0.4 is 9.64 Å². The molecule has 4 rings (SSSR count). The number of rotatable bonds is 5. The van der Waals surface area contributed by atoms with E-state index in [9.17, 15) is 9.90 Å². The molecule has 1 aliphatic heterocycles. The highest BCUT2D eigenvalue weighted by Crippen LogP contribution is 2.38. The average molecular weight is 402 g/mol. The number of carbonyl (C=O) groups is 1. The van der Waals surface area contributed by atoms with Gasteiger partial charge in [0.2, 0.25) is 5.88 Å². The molecule has 1 saturated heterocycles. The Morgan fingerprint density at radius 3 is 2.82 bits per heavy atom. The molecule has 1 aliphatic rings. The van der Waals surface area contributed by atoms with Crippen LogP contribution in [0.25, 0.3) is 22.0 Å². The first-order chi connectivity index (χ1) is 13.5. The predicted octanol–water partition coefficient (Wildman–Crippen LogP) is 3.82. The maximum atomic E-state index is 11.5. The molecular formula is C20H20ClN3O4. The SMILES string of the molecule is COc1nc(N2CC[C@H](OC)C2)ccc1-c1cc2c(C(=O)O)c[nH]c2cc1Cl. The van der Waals surface area contributed by atoms with Crippen LogP contribution in [0.15, 0.2) is 30.5 Å². The quantitative estimate of drug-likeness (QED) is 0.675. The van der Waals surface area contributed by atoms with Crippen LogP contribution in [0, 0.1) is 0 Å². The number of methoxy groups -OCH3 is 2. The van der Waals surface area contributed by atoms with Crippen LogP contribution in [0.5, 0.6) is 5.88 Å². The Bertz CT molecular complexity index is 1050. The monoisotopic (exact) mass is 401 g/mol. The lowest BCUT2D eigenvalue weighted by molar-refractivity contribution is 0.0699. The summed E-state index contributed by atoms with van der Waals surface area (Å²) in [4.78, 5) is 21.2. The molecule has 0 aliphatic carbocycles.